The van der Waals surface area contributed by atoms with E-state index in [0.29, 0.717) is 16.8 Å². The average molecular weight is 402 g/mol. The Morgan fingerprint density at radius 3 is 2.68 bits per heavy atom. The van der Waals surface area contributed by atoms with Crippen LogP contribution >= 0.6 is 15.9 Å². The number of rotatable bonds is 4. The first-order valence-corrected chi connectivity index (χ1v) is 8.48. The summed E-state index contributed by atoms with van der Waals surface area (Å²) in [7, 11) is 0. The van der Waals surface area contributed by atoms with E-state index in [0.717, 1.165) is 14.9 Å². The molecule has 2 aromatic rings. The molecule has 6 nitrogen and oxygen atoms in total. The molecule has 1 aliphatic rings. The molecule has 2 N–H and O–H groups in total. The molecule has 7 heteroatoms. The highest BCUT2D eigenvalue weighted by Crippen LogP contribution is 2.22. The minimum atomic E-state index is -0.442. The summed E-state index contributed by atoms with van der Waals surface area (Å²) in [4.78, 5) is 37.2. The van der Waals surface area contributed by atoms with Crippen LogP contribution in [0.5, 0.6) is 0 Å². The van der Waals surface area contributed by atoms with Gasteiger partial charge in [0.05, 0.1) is 13.1 Å². The number of nitrogens with one attached hydrogen (secondary N) is 2. The van der Waals surface area contributed by atoms with E-state index in [9.17, 15) is 14.4 Å². The van der Waals surface area contributed by atoms with Crippen molar-refractivity contribution in [3.63, 3.8) is 0 Å². The van der Waals surface area contributed by atoms with Crippen LogP contribution in [-0.2, 0) is 11.3 Å². The molecule has 1 saturated heterocycles. The monoisotopic (exact) mass is 401 g/mol. The second kappa shape index (κ2) is 7.06. The maximum absolute atomic E-state index is 12.6. The third-order valence-corrected chi connectivity index (χ3v) is 4.81. The molecule has 2 aromatic carbocycles. The van der Waals surface area contributed by atoms with Gasteiger partial charge in [-0.1, -0.05) is 40.2 Å². The Hall–Kier alpha value is -2.67. The van der Waals surface area contributed by atoms with Crippen molar-refractivity contribution < 1.29 is 14.4 Å². The van der Waals surface area contributed by atoms with Crippen LogP contribution in [0, 0.1) is 6.92 Å². The number of benzene rings is 2. The molecular formula is C18H16BrN3O3. The highest BCUT2D eigenvalue weighted by atomic mass is 79.9. The normalized spacial score (nSPS) is 13.8. The van der Waals surface area contributed by atoms with E-state index in [1.807, 2.05) is 25.1 Å². The van der Waals surface area contributed by atoms with Gasteiger partial charge in [-0.15, -0.1) is 0 Å². The third kappa shape index (κ3) is 3.71. The zero-order valence-electron chi connectivity index (χ0n) is 13.5. The second-order valence-corrected chi connectivity index (χ2v) is 6.57. The van der Waals surface area contributed by atoms with Crippen molar-refractivity contribution in [2.24, 2.45) is 0 Å². The molecule has 128 valence electrons. The molecule has 0 radical (unpaired) electrons. The fourth-order valence-electron chi connectivity index (χ4n) is 2.53. The van der Waals surface area contributed by atoms with Gasteiger partial charge in [0.25, 0.3) is 5.91 Å². The van der Waals surface area contributed by atoms with Crippen LogP contribution in [0.4, 0.5) is 10.5 Å². The largest absolute Gasteiger partial charge is 0.329 e. The fourth-order valence-corrected chi connectivity index (χ4v) is 2.91. The topological polar surface area (TPSA) is 78.5 Å². The van der Waals surface area contributed by atoms with E-state index in [4.69, 9.17) is 0 Å². The predicted molar refractivity (Wildman–Crippen MR) is 97.2 cm³/mol. The Morgan fingerprint density at radius 2 is 2.00 bits per heavy atom. The number of urea groups is 1. The molecule has 0 unspecified atom stereocenters. The third-order valence-electron chi connectivity index (χ3n) is 3.96. The quantitative estimate of drug-likeness (QED) is 0.772. The van der Waals surface area contributed by atoms with E-state index in [2.05, 4.69) is 26.6 Å². The highest BCUT2D eigenvalue weighted by molar-refractivity contribution is 9.10. The van der Waals surface area contributed by atoms with Crippen molar-refractivity contribution in [2.45, 2.75) is 13.5 Å². The summed E-state index contributed by atoms with van der Waals surface area (Å²) < 4.78 is 0.901. The standard InChI is InChI=1S/C18H16BrN3O3/c1-11-6-7-13(8-15(11)19)21-17(24)14-5-3-2-4-12(14)10-22-16(23)9-20-18(22)25/h2-8H,9-10H2,1H3,(H,20,25)(H,21,24). The first-order chi connectivity index (χ1) is 12.0. The number of aryl methyl sites for hydroxylation is 1. The number of imide groups is 1. The van der Waals surface area contributed by atoms with Crippen LogP contribution in [0.3, 0.4) is 0 Å². The van der Waals surface area contributed by atoms with Crippen LogP contribution in [0.15, 0.2) is 46.9 Å². The summed E-state index contributed by atoms with van der Waals surface area (Å²) in [6.07, 6.45) is 0. The molecule has 4 amide bonds. The maximum atomic E-state index is 12.6. The van der Waals surface area contributed by atoms with E-state index in [1.165, 1.54) is 0 Å². The Bertz CT molecular complexity index is 850. The van der Waals surface area contributed by atoms with Gasteiger partial charge in [-0.05, 0) is 36.2 Å². The van der Waals surface area contributed by atoms with Crippen molar-refractivity contribution in [3.8, 4) is 0 Å². The Kier molecular flexibility index (Phi) is 4.85. The van der Waals surface area contributed by atoms with Crippen LogP contribution in [0.1, 0.15) is 21.5 Å². The predicted octanol–water partition coefficient (Wildman–Crippen LogP) is 3.06. The molecule has 1 fully saturated rings. The SMILES string of the molecule is Cc1ccc(NC(=O)c2ccccc2CN2C(=O)CNC2=O)cc1Br. The molecule has 0 bridgehead atoms. The lowest BCUT2D eigenvalue weighted by Gasteiger charge is -2.15. The average Bonchev–Trinajstić information content (AvgIpc) is 2.90. The number of hydrogen-bond donors (Lipinski definition) is 2. The van der Waals surface area contributed by atoms with Crippen molar-refractivity contribution >= 4 is 39.5 Å². The molecule has 1 heterocycles. The molecule has 0 spiro atoms. The summed E-state index contributed by atoms with van der Waals surface area (Å²) in [5, 5.41) is 5.31. The van der Waals surface area contributed by atoms with Gasteiger partial charge >= 0.3 is 6.03 Å². The van der Waals surface area contributed by atoms with Gasteiger partial charge < -0.3 is 10.6 Å². The molecule has 3 rings (SSSR count). The first-order valence-electron chi connectivity index (χ1n) is 7.69. The van der Waals surface area contributed by atoms with E-state index < -0.39 is 6.03 Å². The van der Waals surface area contributed by atoms with E-state index >= 15 is 0 Å². The van der Waals surface area contributed by atoms with Crippen LogP contribution in [0.2, 0.25) is 0 Å². The van der Waals surface area contributed by atoms with Crippen LogP contribution in [0.25, 0.3) is 0 Å². The summed E-state index contributed by atoms with van der Waals surface area (Å²) in [5.41, 5.74) is 2.76. The van der Waals surface area contributed by atoms with Crippen molar-refractivity contribution in [2.75, 3.05) is 11.9 Å². The molecule has 1 aliphatic heterocycles. The van der Waals surface area contributed by atoms with E-state index in [-0.39, 0.29) is 24.9 Å². The van der Waals surface area contributed by atoms with E-state index in [1.54, 1.807) is 24.3 Å². The van der Waals surface area contributed by atoms with Gasteiger partial charge in [-0.2, -0.15) is 0 Å². The number of carbonyl (C=O) groups excluding carboxylic acids is 3. The van der Waals surface area contributed by atoms with Crippen molar-refractivity contribution in [1.29, 1.82) is 0 Å². The fraction of sp³-hybridized carbons (Fsp3) is 0.167. The van der Waals surface area contributed by atoms with Gasteiger partial charge in [0.1, 0.15) is 0 Å². The van der Waals surface area contributed by atoms with Gasteiger partial charge in [0.15, 0.2) is 0 Å². The van der Waals surface area contributed by atoms with Crippen LogP contribution in [-0.4, -0.2) is 29.3 Å². The first kappa shape index (κ1) is 17.2. The molecule has 0 aliphatic carbocycles. The lowest BCUT2D eigenvalue weighted by atomic mass is 10.1. The summed E-state index contributed by atoms with van der Waals surface area (Å²) >= 11 is 3.44. The molecule has 0 aromatic heterocycles. The summed E-state index contributed by atoms with van der Waals surface area (Å²) in [6, 6.07) is 12.0. The molecule has 25 heavy (non-hydrogen) atoms. The highest BCUT2D eigenvalue weighted by Gasteiger charge is 2.29. The smallest absolute Gasteiger partial charge is 0.324 e. The number of amides is 4. The zero-order chi connectivity index (χ0) is 18.0. The second-order valence-electron chi connectivity index (χ2n) is 5.71. The molecule has 0 saturated carbocycles. The zero-order valence-corrected chi connectivity index (χ0v) is 15.1. The number of anilines is 1. The Morgan fingerprint density at radius 1 is 1.24 bits per heavy atom. The lowest BCUT2D eigenvalue weighted by molar-refractivity contribution is -0.125. The lowest BCUT2D eigenvalue weighted by Crippen LogP contribution is -2.31. The van der Waals surface area contributed by atoms with Gasteiger partial charge in [-0.3, -0.25) is 14.5 Å². The Balaban J connectivity index is 1.82. The Labute approximate surface area is 153 Å². The number of halogens is 1. The number of carbonyl (C=O) groups is 3. The van der Waals surface area contributed by atoms with Gasteiger partial charge in [-0.25, -0.2) is 4.79 Å². The van der Waals surface area contributed by atoms with Crippen molar-refractivity contribution in [3.05, 3.63) is 63.6 Å². The maximum Gasteiger partial charge on any atom is 0.324 e. The molecular weight excluding hydrogens is 386 g/mol. The minimum Gasteiger partial charge on any atom is -0.329 e. The van der Waals surface area contributed by atoms with Crippen molar-refractivity contribution in [1.82, 2.24) is 10.2 Å². The number of nitrogens with zero attached hydrogens (tertiary/aromatic N) is 1. The van der Waals surface area contributed by atoms with Gasteiger partial charge in [0, 0.05) is 15.7 Å². The molecule has 0 atom stereocenters. The van der Waals surface area contributed by atoms with Crippen LogP contribution < -0.4 is 10.6 Å². The van der Waals surface area contributed by atoms with Gasteiger partial charge in [0.2, 0.25) is 5.91 Å². The summed E-state index contributed by atoms with van der Waals surface area (Å²) in [6.45, 7) is 2.01. The number of hydrogen-bond acceptors (Lipinski definition) is 3. The summed E-state index contributed by atoms with van der Waals surface area (Å²) in [5.74, 6) is -0.596. The minimum absolute atomic E-state index is 0.00934.